The molecule has 0 spiro atoms. The van der Waals surface area contributed by atoms with Crippen molar-refractivity contribution in [3.05, 3.63) is 0 Å². The lowest BCUT2D eigenvalue weighted by Gasteiger charge is -2.35. The Morgan fingerprint density at radius 3 is 2.43 bits per heavy atom. The summed E-state index contributed by atoms with van der Waals surface area (Å²) >= 11 is 0. The maximum Gasteiger partial charge on any atom is 0.322 e. The topological polar surface area (TPSA) is 66.4 Å². The van der Waals surface area contributed by atoms with Crippen LogP contribution in [0.1, 0.15) is 20.8 Å². The molecular formula is C14H26N6O. The quantitative estimate of drug-likeness (QED) is 0.842. The lowest BCUT2D eigenvalue weighted by Crippen LogP contribution is -2.48. The second-order valence-electron chi connectivity index (χ2n) is 5.66. The lowest BCUT2D eigenvalue weighted by atomic mass is 10.2. The molecule has 1 saturated heterocycles. The summed E-state index contributed by atoms with van der Waals surface area (Å²) in [7, 11) is 1.58. The van der Waals surface area contributed by atoms with Crippen molar-refractivity contribution < 1.29 is 4.74 Å². The monoisotopic (exact) mass is 294 g/mol. The van der Waals surface area contributed by atoms with Gasteiger partial charge in [-0.15, -0.1) is 0 Å². The third-order valence-corrected chi connectivity index (χ3v) is 3.40. The van der Waals surface area contributed by atoms with E-state index in [0.29, 0.717) is 23.8 Å². The van der Waals surface area contributed by atoms with Crippen molar-refractivity contribution in [3.8, 4) is 6.01 Å². The van der Waals surface area contributed by atoms with Gasteiger partial charge in [0, 0.05) is 39.3 Å². The van der Waals surface area contributed by atoms with Gasteiger partial charge in [0.05, 0.1) is 7.11 Å². The van der Waals surface area contributed by atoms with Gasteiger partial charge in [0.25, 0.3) is 0 Å². The van der Waals surface area contributed by atoms with E-state index in [9.17, 15) is 0 Å². The second kappa shape index (κ2) is 7.40. The van der Waals surface area contributed by atoms with E-state index in [4.69, 9.17) is 4.74 Å². The van der Waals surface area contributed by atoms with E-state index in [2.05, 4.69) is 43.9 Å². The first-order valence-electron chi connectivity index (χ1n) is 7.63. The van der Waals surface area contributed by atoms with Gasteiger partial charge in [-0.25, -0.2) is 0 Å². The number of rotatable bonds is 6. The molecule has 0 saturated carbocycles. The zero-order valence-corrected chi connectivity index (χ0v) is 13.5. The molecule has 1 aromatic heterocycles. The number of methoxy groups -OCH3 is 1. The molecule has 1 aliphatic rings. The molecule has 0 aromatic carbocycles. The van der Waals surface area contributed by atoms with Crippen molar-refractivity contribution in [1.29, 1.82) is 0 Å². The summed E-state index contributed by atoms with van der Waals surface area (Å²) in [4.78, 5) is 17.7. The largest absolute Gasteiger partial charge is 0.467 e. The minimum absolute atomic E-state index is 0.362. The summed E-state index contributed by atoms with van der Waals surface area (Å²) in [6, 6.07) is 0.362. The first-order valence-corrected chi connectivity index (χ1v) is 7.63. The maximum atomic E-state index is 5.17. The highest BCUT2D eigenvalue weighted by Crippen LogP contribution is 2.17. The molecule has 1 aromatic rings. The smallest absolute Gasteiger partial charge is 0.322 e. The fourth-order valence-corrected chi connectivity index (χ4v) is 2.46. The summed E-state index contributed by atoms with van der Waals surface area (Å²) in [6.07, 6.45) is 0. The number of hydrogen-bond donors (Lipinski definition) is 1. The first-order chi connectivity index (χ1) is 10.1. The Labute approximate surface area is 126 Å². The Morgan fingerprint density at radius 2 is 1.86 bits per heavy atom. The van der Waals surface area contributed by atoms with Gasteiger partial charge in [0.15, 0.2) is 0 Å². The molecular weight excluding hydrogens is 268 g/mol. The van der Waals surface area contributed by atoms with Crippen LogP contribution in [0.2, 0.25) is 0 Å². The number of piperazine rings is 1. The maximum absolute atomic E-state index is 5.17. The van der Waals surface area contributed by atoms with Gasteiger partial charge in [-0.3, -0.25) is 4.90 Å². The van der Waals surface area contributed by atoms with Crippen LogP contribution < -0.4 is 15.0 Å². The predicted octanol–water partition coefficient (Wildman–Crippen LogP) is 1.09. The highest BCUT2D eigenvalue weighted by molar-refractivity contribution is 5.38. The molecule has 0 unspecified atom stereocenters. The Hall–Kier alpha value is -1.63. The number of anilines is 2. The summed E-state index contributed by atoms with van der Waals surface area (Å²) in [5, 5.41) is 3.12. The number of nitrogens with one attached hydrogen (secondary N) is 1. The molecule has 7 heteroatoms. The van der Waals surface area contributed by atoms with E-state index < -0.39 is 0 Å². The van der Waals surface area contributed by atoms with Crippen LogP contribution in [-0.2, 0) is 0 Å². The standard InChI is InChI=1S/C14H26N6O/c1-5-15-12-16-13(18-14(17-12)21-4)20-8-6-19(7-9-20)10-11(2)3/h11H,5-10H2,1-4H3,(H,15,16,17,18). The van der Waals surface area contributed by atoms with Gasteiger partial charge in [0.2, 0.25) is 11.9 Å². The van der Waals surface area contributed by atoms with Crippen LogP contribution in [0.4, 0.5) is 11.9 Å². The van der Waals surface area contributed by atoms with Crippen LogP contribution in [0, 0.1) is 5.92 Å². The average Bonchev–Trinajstić information content (AvgIpc) is 2.47. The van der Waals surface area contributed by atoms with Crippen LogP contribution in [0.25, 0.3) is 0 Å². The van der Waals surface area contributed by atoms with Gasteiger partial charge in [-0.2, -0.15) is 15.0 Å². The van der Waals surface area contributed by atoms with Crippen LogP contribution in [0.5, 0.6) is 6.01 Å². The Kier molecular flexibility index (Phi) is 5.55. The van der Waals surface area contributed by atoms with E-state index in [0.717, 1.165) is 39.3 Å². The molecule has 7 nitrogen and oxygen atoms in total. The van der Waals surface area contributed by atoms with E-state index in [1.165, 1.54) is 0 Å². The zero-order valence-electron chi connectivity index (χ0n) is 13.5. The summed E-state index contributed by atoms with van der Waals surface area (Å²) < 4.78 is 5.17. The highest BCUT2D eigenvalue weighted by atomic mass is 16.5. The van der Waals surface area contributed by atoms with Gasteiger partial charge in [-0.05, 0) is 12.8 Å². The van der Waals surface area contributed by atoms with E-state index >= 15 is 0 Å². The minimum atomic E-state index is 0.362. The molecule has 118 valence electrons. The fraction of sp³-hybridized carbons (Fsp3) is 0.786. The molecule has 21 heavy (non-hydrogen) atoms. The summed E-state index contributed by atoms with van der Waals surface area (Å²) in [6.45, 7) is 12.4. The molecule has 0 aliphatic carbocycles. The second-order valence-corrected chi connectivity index (χ2v) is 5.66. The first kappa shape index (κ1) is 15.8. The fourth-order valence-electron chi connectivity index (χ4n) is 2.46. The van der Waals surface area contributed by atoms with Crippen LogP contribution >= 0.6 is 0 Å². The highest BCUT2D eigenvalue weighted by Gasteiger charge is 2.20. The number of aromatic nitrogens is 3. The van der Waals surface area contributed by atoms with Crippen LogP contribution in [0.15, 0.2) is 0 Å². The zero-order chi connectivity index (χ0) is 15.2. The Balaban J connectivity index is 2.03. The molecule has 1 N–H and O–H groups in total. The van der Waals surface area contributed by atoms with Crippen molar-refractivity contribution in [2.75, 3.05) is 56.6 Å². The van der Waals surface area contributed by atoms with Gasteiger partial charge < -0.3 is 15.0 Å². The molecule has 1 aliphatic heterocycles. The summed E-state index contributed by atoms with van der Waals surface area (Å²) in [5.41, 5.74) is 0. The third-order valence-electron chi connectivity index (χ3n) is 3.40. The van der Waals surface area contributed by atoms with Crippen molar-refractivity contribution >= 4 is 11.9 Å². The molecule has 0 radical (unpaired) electrons. The van der Waals surface area contributed by atoms with E-state index in [1.807, 2.05) is 6.92 Å². The van der Waals surface area contributed by atoms with Gasteiger partial charge in [-0.1, -0.05) is 13.8 Å². The predicted molar refractivity (Wildman–Crippen MR) is 84.0 cm³/mol. The van der Waals surface area contributed by atoms with Gasteiger partial charge >= 0.3 is 6.01 Å². The summed E-state index contributed by atoms with van der Waals surface area (Å²) in [5.74, 6) is 1.97. The number of hydrogen-bond acceptors (Lipinski definition) is 7. The normalized spacial score (nSPS) is 16.3. The number of ether oxygens (including phenoxy) is 1. The van der Waals surface area contributed by atoms with E-state index in [1.54, 1.807) is 7.11 Å². The molecule has 2 heterocycles. The molecule has 0 bridgehead atoms. The Bertz CT molecular complexity index is 445. The molecule has 0 amide bonds. The van der Waals surface area contributed by atoms with Crippen molar-refractivity contribution in [2.45, 2.75) is 20.8 Å². The minimum Gasteiger partial charge on any atom is -0.467 e. The Morgan fingerprint density at radius 1 is 1.14 bits per heavy atom. The van der Waals surface area contributed by atoms with Crippen LogP contribution in [-0.4, -0.2) is 66.2 Å². The molecule has 2 rings (SSSR count). The SMILES string of the molecule is CCNc1nc(OC)nc(N2CCN(CC(C)C)CC2)n1. The lowest BCUT2D eigenvalue weighted by molar-refractivity contribution is 0.230. The average molecular weight is 294 g/mol. The number of nitrogens with zero attached hydrogens (tertiary/aromatic N) is 5. The molecule has 0 atom stereocenters. The van der Waals surface area contributed by atoms with Crippen molar-refractivity contribution in [2.24, 2.45) is 5.92 Å². The molecule has 1 fully saturated rings. The van der Waals surface area contributed by atoms with Gasteiger partial charge in [0.1, 0.15) is 0 Å². The van der Waals surface area contributed by atoms with Crippen LogP contribution in [0.3, 0.4) is 0 Å². The third kappa shape index (κ3) is 4.42. The van der Waals surface area contributed by atoms with Crippen molar-refractivity contribution in [1.82, 2.24) is 19.9 Å². The van der Waals surface area contributed by atoms with E-state index in [-0.39, 0.29) is 0 Å². The van der Waals surface area contributed by atoms with Crippen molar-refractivity contribution in [3.63, 3.8) is 0 Å².